The third-order valence-electron chi connectivity index (χ3n) is 3.25. The molecule has 1 aliphatic rings. The first-order valence-corrected chi connectivity index (χ1v) is 8.39. The average Bonchev–Trinajstić information content (AvgIpc) is 3.23. The lowest BCUT2D eigenvalue weighted by Crippen LogP contribution is -2.43. The number of nitrogens with zero attached hydrogens (tertiary/aromatic N) is 1. The molecule has 0 heterocycles. The van der Waals surface area contributed by atoms with E-state index in [0.717, 1.165) is 13.0 Å². The highest BCUT2D eigenvalue weighted by Crippen LogP contribution is 2.18. The molecule has 0 aromatic heterocycles. The first kappa shape index (κ1) is 17.8. The Morgan fingerprint density at radius 2 is 2.05 bits per heavy atom. The van der Waals surface area contributed by atoms with Gasteiger partial charge in [0, 0.05) is 40.4 Å². The number of ether oxygens (including phenoxy) is 2. The van der Waals surface area contributed by atoms with Gasteiger partial charge in [-0.25, -0.2) is 0 Å². The van der Waals surface area contributed by atoms with Gasteiger partial charge in [0.2, 0.25) is 0 Å². The minimum atomic E-state index is -3.45. The minimum Gasteiger partial charge on any atom is -0.382 e. The summed E-state index contributed by atoms with van der Waals surface area (Å²) < 4.78 is 37.9. The van der Waals surface area contributed by atoms with Crippen molar-refractivity contribution < 1.29 is 17.9 Å². The molecule has 0 radical (unpaired) electrons. The van der Waals surface area contributed by atoms with Gasteiger partial charge in [-0.3, -0.25) is 0 Å². The van der Waals surface area contributed by atoms with Crippen molar-refractivity contribution in [3.8, 4) is 0 Å². The first-order chi connectivity index (χ1) is 9.49. The summed E-state index contributed by atoms with van der Waals surface area (Å²) in [6.07, 6.45) is 3.01. The molecule has 1 fully saturated rings. The second-order valence-electron chi connectivity index (χ2n) is 5.07. The molecule has 0 bridgehead atoms. The van der Waals surface area contributed by atoms with Crippen LogP contribution in [0.3, 0.4) is 0 Å². The second-order valence-corrected chi connectivity index (χ2v) is 6.93. The first-order valence-electron chi connectivity index (χ1n) is 6.95. The maximum atomic E-state index is 12.0. The summed E-state index contributed by atoms with van der Waals surface area (Å²) in [6, 6.07) is 0.659. The van der Waals surface area contributed by atoms with Crippen LogP contribution in [0.5, 0.6) is 0 Å². The SMILES string of the molecule is COCC(CNS(=O)(=O)N(C)CCCNC1CC1)OC. The Balaban J connectivity index is 2.22. The molecule has 0 saturated heterocycles. The predicted molar refractivity (Wildman–Crippen MR) is 77.9 cm³/mol. The summed E-state index contributed by atoms with van der Waals surface area (Å²) >= 11 is 0. The van der Waals surface area contributed by atoms with Crippen LogP contribution in [0.25, 0.3) is 0 Å². The van der Waals surface area contributed by atoms with Crippen LogP contribution in [0.1, 0.15) is 19.3 Å². The number of hydrogen-bond donors (Lipinski definition) is 2. The lowest BCUT2D eigenvalue weighted by molar-refractivity contribution is 0.0318. The van der Waals surface area contributed by atoms with Gasteiger partial charge >= 0.3 is 0 Å². The third-order valence-corrected chi connectivity index (χ3v) is 4.78. The molecule has 1 aliphatic carbocycles. The molecule has 0 aromatic carbocycles. The highest BCUT2D eigenvalue weighted by molar-refractivity contribution is 7.87. The van der Waals surface area contributed by atoms with Crippen LogP contribution < -0.4 is 10.0 Å². The molecule has 7 nitrogen and oxygen atoms in total. The van der Waals surface area contributed by atoms with Crippen molar-refractivity contribution in [2.75, 3.05) is 47.5 Å². The van der Waals surface area contributed by atoms with Crippen LogP contribution >= 0.6 is 0 Å². The molecule has 0 aliphatic heterocycles. The van der Waals surface area contributed by atoms with Crippen molar-refractivity contribution in [2.24, 2.45) is 0 Å². The zero-order chi connectivity index (χ0) is 15.0. The predicted octanol–water partition coefficient (Wildman–Crippen LogP) is -0.444. The maximum absolute atomic E-state index is 12.0. The molecule has 120 valence electrons. The van der Waals surface area contributed by atoms with Crippen LogP contribution in [0.4, 0.5) is 0 Å². The summed E-state index contributed by atoms with van der Waals surface area (Å²) in [7, 11) is 1.22. The second kappa shape index (κ2) is 8.91. The highest BCUT2D eigenvalue weighted by atomic mass is 32.2. The third kappa shape index (κ3) is 6.96. The number of methoxy groups -OCH3 is 2. The molecule has 1 saturated carbocycles. The van der Waals surface area contributed by atoms with E-state index in [-0.39, 0.29) is 12.6 Å². The number of hydrogen-bond acceptors (Lipinski definition) is 5. The minimum absolute atomic E-state index is 0.206. The lowest BCUT2D eigenvalue weighted by Gasteiger charge is -2.20. The fourth-order valence-electron chi connectivity index (χ4n) is 1.72. The molecule has 8 heteroatoms. The van der Waals surface area contributed by atoms with E-state index in [4.69, 9.17) is 9.47 Å². The summed E-state index contributed by atoms with van der Waals surface area (Å²) in [4.78, 5) is 0. The van der Waals surface area contributed by atoms with Gasteiger partial charge in [-0.15, -0.1) is 0 Å². The van der Waals surface area contributed by atoms with Gasteiger partial charge in [0.05, 0.1) is 12.7 Å². The molecule has 1 atom stereocenters. The zero-order valence-electron chi connectivity index (χ0n) is 12.6. The van der Waals surface area contributed by atoms with Crippen molar-refractivity contribution in [3.63, 3.8) is 0 Å². The Labute approximate surface area is 122 Å². The molecule has 1 rings (SSSR count). The van der Waals surface area contributed by atoms with E-state index in [1.54, 1.807) is 14.2 Å². The van der Waals surface area contributed by atoms with Crippen molar-refractivity contribution in [1.29, 1.82) is 0 Å². The Kier molecular flexibility index (Phi) is 7.93. The highest BCUT2D eigenvalue weighted by Gasteiger charge is 2.21. The Bertz CT molecular complexity index is 360. The zero-order valence-corrected chi connectivity index (χ0v) is 13.4. The van der Waals surface area contributed by atoms with Crippen molar-refractivity contribution >= 4 is 10.2 Å². The van der Waals surface area contributed by atoms with E-state index in [1.165, 1.54) is 24.3 Å². The molecule has 20 heavy (non-hydrogen) atoms. The molecular weight excluding hydrogens is 282 g/mol. The molecule has 0 aromatic rings. The summed E-state index contributed by atoms with van der Waals surface area (Å²) in [6.45, 7) is 1.91. The standard InChI is InChI=1S/C12H27N3O4S/c1-15(8-4-7-13-11-5-6-11)20(16,17)14-9-12(19-3)10-18-2/h11-14H,4-10H2,1-3H3. The quantitative estimate of drug-likeness (QED) is 0.478. The molecule has 0 amide bonds. The van der Waals surface area contributed by atoms with Gasteiger partial charge in [-0.1, -0.05) is 0 Å². The van der Waals surface area contributed by atoms with Crippen LogP contribution in [0.15, 0.2) is 0 Å². The summed E-state index contributed by atoms with van der Waals surface area (Å²) in [5.74, 6) is 0. The van der Waals surface area contributed by atoms with Crippen LogP contribution in [0.2, 0.25) is 0 Å². The lowest BCUT2D eigenvalue weighted by atomic mass is 10.4. The topological polar surface area (TPSA) is 79.9 Å². The monoisotopic (exact) mass is 309 g/mol. The van der Waals surface area contributed by atoms with Crippen LogP contribution in [0, 0.1) is 0 Å². The maximum Gasteiger partial charge on any atom is 0.279 e. The van der Waals surface area contributed by atoms with Crippen LogP contribution in [-0.2, 0) is 19.7 Å². The largest absolute Gasteiger partial charge is 0.382 e. The van der Waals surface area contributed by atoms with Crippen molar-refractivity contribution in [2.45, 2.75) is 31.4 Å². The van der Waals surface area contributed by atoms with Gasteiger partial charge in [0.15, 0.2) is 0 Å². The van der Waals surface area contributed by atoms with Gasteiger partial charge in [-0.2, -0.15) is 17.4 Å². The van der Waals surface area contributed by atoms with E-state index >= 15 is 0 Å². The fourth-order valence-corrected chi connectivity index (χ4v) is 2.71. The van der Waals surface area contributed by atoms with E-state index in [2.05, 4.69) is 10.0 Å². The van der Waals surface area contributed by atoms with E-state index in [0.29, 0.717) is 19.2 Å². The Hall–Kier alpha value is -0.250. The molecular formula is C12H27N3O4S. The van der Waals surface area contributed by atoms with Crippen molar-refractivity contribution in [3.05, 3.63) is 0 Å². The van der Waals surface area contributed by atoms with Gasteiger partial charge in [0.25, 0.3) is 10.2 Å². The smallest absolute Gasteiger partial charge is 0.279 e. The molecule has 0 spiro atoms. The van der Waals surface area contributed by atoms with Gasteiger partial charge < -0.3 is 14.8 Å². The molecule has 1 unspecified atom stereocenters. The molecule has 2 N–H and O–H groups in total. The normalized spacial score (nSPS) is 17.6. The van der Waals surface area contributed by atoms with Gasteiger partial charge in [-0.05, 0) is 25.8 Å². The average molecular weight is 309 g/mol. The fraction of sp³-hybridized carbons (Fsp3) is 1.00. The number of nitrogens with one attached hydrogen (secondary N) is 2. The van der Waals surface area contributed by atoms with Crippen molar-refractivity contribution in [1.82, 2.24) is 14.3 Å². The van der Waals surface area contributed by atoms with E-state index in [1.807, 2.05) is 0 Å². The Morgan fingerprint density at radius 1 is 1.35 bits per heavy atom. The van der Waals surface area contributed by atoms with Gasteiger partial charge in [0.1, 0.15) is 0 Å². The van der Waals surface area contributed by atoms with E-state index in [9.17, 15) is 8.42 Å². The number of rotatable bonds is 12. The summed E-state index contributed by atoms with van der Waals surface area (Å²) in [5, 5.41) is 3.36. The van der Waals surface area contributed by atoms with E-state index < -0.39 is 10.2 Å². The summed E-state index contributed by atoms with van der Waals surface area (Å²) in [5.41, 5.74) is 0. The van der Waals surface area contributed by atoms with Crippen LogP contribution in [-0.4, -0.2) is 72.4 Å². The Morgan fingerprint density at radius 3 is 2.60 bits per heavy atom.